The third-order valence-corrected chi connectivity index (χ3v) is 5.18. The second-order valence-electron chi connectivity index (χ2n) is 4.55. The lowest BCUT2D eigenvalue weighted by atomic mass is 10.2. The number of carbonyl (C=O) groups is 1. The highest BCUT2D eigenvalue weighted by Gasteiger charge is 2.21. The summed E-state index contributed by atoms with van der Waals surface area (Å²) in [6.45, 7) is 1.66. The van der Waals surface area contributed by atoms with Crippen molar-refractivity contribution in [1.29, 1.82) is 0 Å². The highest BCUT2D eigenvalue weighted by molar-refractivity contribution is 7.92. The number of hydrogen-bond acceptors (Lipinski definition) is 3. The van der Waals surface area contributed by atoms with E-state index in [1.807, 2.05) is 0 Å². The predicted molar refractivity (Wildman–Crippen MR) is 87.0 cm³/mol. The zero-order valence-electron chi connectivity index (χ0n) is 11.4. The lowest BCUT2D eigenvalue weighted by Crippen LogP contribution is -2.19. The molecule has 0 aliphatic rings. The standard InChI is InChI=1S/C14H12Cl2N2O3S/c1-8-6-13(11(16)7-10(8)15)22(20,21)18-12-5-3-2-4-9(12)14(17)19/h2-7,18H,1H3,(H2,17,19). The Morgan fingerprint density at radius 2 is 1.77 bits per heavy atom. The van der Waals surface area contributed by atoms with Gasteiger partial charge in [0.2, 0.25) is 0 Å². The van der Waals surface area contributed by atoms with Gasteiger partial charge in [-0.25, -0.2) is 8.42 Å². The normalized spacial score (nSPS) is 11.2. The topological polar surface area (TPSA) is 89.3 Å². The number of sulfonamides is 1. The molecule has 2 aromatic carbocycles. The van der Waals surface area contributed by atoms with E-state index in [-0.39, 0.29) is 21.2 Å². The number of carbonyl (C=O) groups excluding carboxylic acids is 1. The van der Waals surface area contributed by atoms with E-state index < -0.39 is 15.9 Å². The molecule has 0 bridgehead atoms. The molecule has 5 nitrogen and oxygen atoms in total. The largest absolute Gasteiger partial charge is 0.366 e. The van der Waals surface area contributed by atoms with Crippen LogP contribution in [0.4, 0.5) is 5.69 Å². The van der Waals surface area contributed by atoms with E-state index in [0.29, 0.717) is 10.6 Å². The number of anilines is 1. The number of halogens is 2. The number of aryl methyl sites for hydroxylation is 1. The Bertz CT molecular complexity index is 851. The van der Waals surface area contributed by atoms with Crippen LogP contribution in [0.15, 0.2) is 41.3 Å². The Hall–Kier alpha value is -1.76. The molecule has 0 aliphatic heterocycles. The van der Waals surface area contributed by atoms with E-state index in [2.05, 4.69) is 4.72 Å². The number of amides is 1. The summed E-state index contributed by atoms with van der Waals surface area (Å²) in [6.07, 6.45) is 0. The second-order valence-corrected chi connectivity index (χ2v) is 7.01. The smallest absolute Gasteiger partial charge is 0.263 e. The number of nitrogens with two attached hydrogens (primary N) is 1. The molecule has 0 saturated heterocycles. The van der Waals surface area contributed by atoms with Crippen LogP contribution in [0, 0.1) is 6.92 Å². The van der Waals surface area contributed by atoms with Crippen molar-refractivity contribution in [2.75, 3.05) is 4.72 Å². The number of nitrogens with one attached hydrogen (secondary N) is 1. The monoisotopic (exact) mass is 358 g/mol. The van der Waals surface area contributed by atoms with Crippen LogP contribution in [0.5, 0.6) is 0 Å². The SMILES string of the molecule is Cc1cc(S(=O)(=O)Nc2ccccc2C(N)=O)c(Cl)cc1Cl. The van der Waals surface area contributed by atoms with Crippen molar-refractivity contribution in [3.63, 3.8) is 0 Å². The number of para-hydroxylation sites is 1. The van der Waals surface area contributed by atoms with Crippen LogP contribution in [0.25, 0.3) is 0 Å². The van der Waals surface area contributed by atoms with Gasteiger partial charge in [-0.2, -0.15) is 0 Å². The van der Waals surface area contributed by atoms with Gasteiger partial charge in [0.15, 0.2) is 0 Å². The average Bonchev–Trinajstić information content (AvgIpc) is 2.42. The quantitative estimate of drug-likeness (QED) is 0.879. The van der Waals surface area contributed by atoms with E-state index in [1.54, 1.807) is 19.1 Å². The van der Waals surface area contributed by atoms with E-state index in [1.165, 1.54) is 24.3 Å². The Balaban J connectivity index is 2.50. The molecule has 0 saturated carbocycles. The fourth-order valence-corrected chi connectivity index (χ4v) is 3.74. The minimum Gasteiger partial charge on any atom is -0.366 e. The molecule has 2 rings (SSSR count). The van der Waals surface area contributed by atoms with Crippen molar-refractivity contribution < 1.29 is 13.2 Å². The zero-order chi connectivity index (χ0) is 16.5. The summed E-state index contributed by atoms with van der Waals surface area (Å²) in [7, 11) is -3.99. The molecule has 3 N–H and O–H groups in total. The molecule has 8 heteroatoms. The molecular weight excluding hydrogens is 347 g/mol. The number of primary amides is 1. The van der Waals surface area contributed by atoms with Gasteiger partial charge in [-0.15, -0.1) is 0 Å². The molecule has 0 radical (unpaired) electrons. The number of benzene rings is 2. The van der Waals surface area contributed by atoms with Gasteiger partial charge >= 0.3 is 0 Å². The van der Waals surface area contributed by atoms with E-state index >= 15 is 0 Å². The molecule has 0 atom stereocenters. The zero-order valence-corrected chi connectivity index (χ0v) is 13.8. The van der Waals surface area contributed by atoms with Crippen molar-refractivity contribution in [3.05, 3.63) is 57.6 Å². The molecule has 0 fully saturated rings. The van der Waals surface area contributed by atoms with Crippen molar-refractivity contribution in [2.45, 2.75) is 11.8 Å². The van der Waals surface area contributed by atoms with Crippen LogP contribution >= 0.6 is 23.2 Å². The fraction of sp³-hybridized carbons (Fsp3) is 0.0714. The third-order valence-electron chi connectivity index (χ3n) is 2.94. The third kappa shape index (κ3) is 3.35. The first-order valence-corrected chi connectivity index (χ1v) is 8.33. The van der Waals surface area contributed by atoms with Crippen LogP contribution in [0.3, 0.4) is 0 Å². The molecule has 0 heterocycles. The summed E-state index contributed by atoms with van der Waals surface area (Å²) in [5, 5.41) is 0.348. The van der Waals surface area contributed by atoms with Crippen LogP contribution in [-0.4, -0.2) is 14.3 Å². The second kappa shape index (κ2) is 6.16. The first-order valence-electron chi connectivity index (χ1n) is 6.09. The summed E-state index contributed by atoms with van der Waals surface area (Å²) in [4.78, 5) is 11.2. The Kier molecular flexibility index (Phi) is 4.65. The van der Waals surface area contributed by atoms with Gasteiger partial charge in [-0.1, -0.05) is 35.3 Å². The van der Waals surface area contributed by atoms with Gasteiger partial charge < -0.3 is 5.73 Å². The maximum Gasteiger partial charge on any atom is 0.263 e. The molecule has 1 amide bonds. The van der Waals surface area contributed by atoms with Gasteiger partial charge in [0, 0.05) is 5.02 Å². The molecule has 116 valence electrons. The first kappa shape index (κ1) is 16.6. The minimum absolute atomic E-state index is 0.0142. The van der Waals surface area contributed by atoms with Crippen molar-refractivity contribution in [1.82, 2.24) is 0 Å². The molecule has 0 aromatic heterocycles. The molecule has 0 unspecified atom stereocenters. The lowest BCUT2D eigenvalue weighted by Gasteiger charge is -2.13. The average molecular weight is 359 g/mol. The molecule has 22 heavy (non-hydrogen) atoms. The van der Waals surface area contributed by atoms with Gasteiger partial charge in [0.25, 0.3) is 15.9 Å². The van der Waals surface area contributed by atoms with E-state index in [0.717, 1.165) is 0 Å². The summed E-state index contributed by atoms with van der Waals surface area (Å²) in [5.74, 6) is -0.739. The fourth-order valence-electron chi connectivity index (χ4n) is 1.82. The van der Waals surface area contributed by atoms with Crippen molar-refractivity contribution in [2.24, 2.45) is 5.73 Å². The lowest BCUT2D eigenvalue weighted by molar-refractivity contribution is 0.100. The van der Waals surface area contributed by atoms with Crippen LogP contribution in [-0.2, 0) is 10.0 Å². The number of hydrogen-bond donors (Lipinski definition) is 2. The molecular formula is C14H12Cl2N2O3S. The van der Waals surface area contributed by atoms with Gasteiger partial charge in [-0.3, -0.25) is 9.52 Å². The summed E-state index contributed by atoms with van der Waals surface area (Å²) in [6, 6.07) is 8.74. The van der Waals surface area contributed by atoms with Gasteiger partial charge in [0.05, 0.1) is 16.3 Å². The highest BCUT2D eigenvalue weighted by Crippen LogP contribution is 2.30. The molecule has 2 aromatic rings. The summed E-state index contributed by atoms with van der Waals surface area (Å²) in [5.41, 5.74) is 5.94. The Labute approximate surface area is 138 Å². The Morgan fingerprint density at radius 3 is 2.41 bits per heavy atom. The highest BCUT2D eigenvalue weighted by atomic mass is 35.5. The minimum atomic E-state index is -3.99. The van der Waals surface area contributed by atoms with Crippen LogP contribution in [0.1, 0.15) is 15.9 Å². The van der Waals surface area contributed by atoms with E-state index in [4.69, 9.17) is 28.9 Å². The Morgan fingerprint density at radius 1 is 1.14 bits per heavy atom. The maximum atomic E-state index is 12.5. The molecule has 0 aliphatic carbocycles. The van der Waals surface area contributed by atoms with Crippen LogP contribution in [0.2, 0.25) is 10.0 Å². The molecule has 0 spiro atoms. The van der Waals surface area contributed by atoms with Crippen LogP contribution < -0.4 is 10.5 Å². The van der Waals surface area contributed by atoms with Crippen molar-refractivity contribution >= 4 is 44.8 Å². The maximum absolute atomic E-state index is 12.5. The first-order chi connectivity index (χ1) is 10.2. The summed E-state index contributed by atoms with van der Waals surface area (Å²) < 4.78 is 27.3. The van der Waals surface area contributed by atoms with Crippen molar-refractivity contribution in [3.8, 4) is 0 Å². The number of rotatable bonds is 4. The summed E-state index contributed by atoms with van der Waals surface area (Å²) >= 11 is 11.9. The van der Waals surface area contributed by atoms with Gasteiger partial charge in [0.1, 0.15) is 4.90 Å². The van der Waals surface area contributed by atoms with E-state index in [9.17, 15) is 13.2 Å². The predicted octanol–water partition coefficient (Wildman–Crippen LogP) is 3.20. The van der Waals surface area contributed by atoms with Gasteiger partial charge in [-0.05, 0) is 36.8 Å².